The number of sulfonamides is 1. The zero-order valence-electron chi connectivity index (χ0n) is 19.9. The monoisotopic (exact) mass is 462 g/mol. The highest BCUT2D eigenvalue weighted by Gasteiger charge is 2.28. The summed E-state index contributed by atoms with van der Waals surface area (Å²) in [5, 5.41) is 2.95. The van der Waals surface area contributed by atoms with E-state index in [9.17, 15) is 13.2 Å². The Morgan fingerprint density at radius 2 is 1.53 bits per heavy atom. The van der Waals surface area contributed by atoms with E-state index in [4.69, 9.17) is 9.47 Å². The van der Waals surface area contributed by atoms with Crippen molar-refractivity contribution in [3.8, 4) is 11.5 Å². The number of nitrogens with one attached hydrogen (secondary N) is 2. The molecule has 2 N–H and O–H groups in total. The molecule has 2 aromatic rings. The lowest BCUT2D eigenvalue weighted by Gasteiger charge is -2.24. The quantitative estimate of drug-likeness (QED) is 0.559. The van der Waals surface area contributed by atoms with E-state index in [2.05, 4.69) is 10.0 Å². The van der Waals surface area contributed by atoms with E-state index in [-0.39, 0.29) is 22.8 Å². The number of hydrogen-bond acceptors (Lipinski definition) is 5. The molecule has 176 valence electrons. The van der Waals surface area contributed by atoms with Crippen LogP contribution in [0.25, 0.3) is 0 Å². The van der Waals surface area contributed by atoms with Gasteiger partial charge in [-0.25, -0.2) is 8.42 Å². The van der Waals surface area contributed by atoms with E-state index in [1.54, 1.807) is 26.4 Å². The molecule has 8 heteroatoms. The van der Waals surface area contributed by atoms with Gasteiger partial charge < -0.3 is 14.8 Å². The maximum atomic E-state index is 13.1. The fraction of sp³-hybridized carbons (Fsp3) is 0.458. The van der Waals surface area contributed by atoms with Crippen molar-refractivity contribution in [2.45, 2.75) is 58.0 Å². The highest BCUT2D eigenvalue weighted by molar-refractivity contribution is 7.89. The molecule has 2 rings (SSSR count). The van der Waals surface area contributed by atoms with Gasteiger partial charge in [-0.05, 0) is 68.5 Å². The number of benzene rings is 2. The minimum absolute atomic E-state index is 0.115. The van der Waals surface area contributed by atoms with E-state index < -0.39 is 16.1 Å². The molecule has 32 heavy (non-hydrogen) atoms. The second-order valence-electron chi connectivity index (χ2n) is 8.41. The van der Waals surface area contributed by atoms with Gasteiger partial charge in [0, 0.05) is 0 Å². The zero-order chi connectivity index (χ0) is 24.1. The fourth-order valence-corrected chi connectivity index (χ4v) is 4.72. The molecule has 0 saturated carbocycles. The second-order valence-corrected chi connectivity index (χ2v) is 10.1. The van der Waals surface area contributed by atoms with Crippen LogP contribution >= 0.6 is 0 Å². The number of ether oxygens (including phenoxy) is 2. The molecule has 0 fully saturated rings. The van der Waals surface area contributed by atoms with Crippen LogP contribution in [0, 0.1) is 19.8 Å². The molecule has 0 saturated heterocycles. The van der Waals surface area contributed by atoms with Crippen molar-refractivity contribution in [2.24, 2.45) is 5.92 Å². The van der Waals surface area contributed by atoms with Crippen molar-refractivity contribution >= 4 is 15.9 Å². The highest BCUT2D eigenvalue weighted by atomic mass is 32.2. The van der Waals surface area contributed by atoms with Gasteiger partial charge in [0.2, 0.25) is 15.9 Å². The van der Waals surface area contributed by atoms with Gasteiger partial charge in [-0.3, -0.25) is 4.79 Å². The van der Waals surface area contributed by atoms with Gasteiger partial charge in [0.25, 0.3) is 0 Å². The number of rotatable bonds is 10. The predicted octanol–water partition coefficient (Wildman–Crippen LogP) is 3.89. The molecular weight excluding hydrogens is 428 g/mol. The van der Waals surface area contributed by atoms with E-state index in [1.165, 1.54) is 12.1 Å². The summed E-state index contributed by atoms with van der Waals surface area (Å²) in [6, 6.07) is 8.96. The Labute approximate surface area is 191 Å². The van der Waals surface area contributed by atoms with Crippen molar-refractivity contribution in [2.75, 3.05) is 14.2 Å². The third-order valence-electron chi connectivity index (χ3n) is 5.25. The summed E-state index contributed by atoms with van der Waals surface area (Å²) in [6.07, 6.45) is 0.370. The molecule has 0 aromatic heterocycles. The first kappa shape index (κ1) is 25.7. The normalized spacial score (nSPS) is 13.5. The van der Waals surface area contributed by atoms with Gasteiger partial charge in [-0.1, -0.05) is 31.5 Å². The van der Waals surface area contributed by atoms with E-state index in [1.807, 2.05) is 46.8 Å². The number of hydrogen-bond donors (Lipinski definition) is 2. The summed E-state index contributed by atoms with van der Waals surface area (Å²) < 4.78 is 39.1. The van der Waals surface area contributed by atoms with Crippen LogP contribution in [0.5, 0.6) is 11.5 Å². The largest absolute Gasteiger partial charge is 0.493 e. The maximum Gasteiger partial charge on any atom is 0.241 e. The van der Waals surface area contributed by atoms with Crippen LogP contribution in [0.4, 0.5) is 0 Å². The third kappa shape index (κ3) is 6.46. The number of amides is 1. The van der Waals surface area contributed by atoms with Crippen molar-refractivity contribution in [3.63, 3.8) is 0 Å². The van der Waals surface area contributed by atoms with Crippen LogP contribution in [0.1, 0.15) is 49.9 Å². The number of methoxy groups -OCH3 is 2. The summed E-state index contributed by atoms with van der Waals surface area (Å²) in [7, 11) is -0.720. The molecule has 0 bridgehead atoms. The van der Waals surface area contributed by atoms with Crippen LogP contribution in [-0.2, 0) is 14.8 Å². The van der Waals surface area contributed by atoms with Gasteiger partial charge in [-0.15, -0.1) is 0 Å². The third-order valence-corrected chi connectivity index (χ3v) is 6.74. The molecule has 0 aliphatic rings. The van der Waals surface area contributed by atoms with Crippen LogP contribution < -0.4 is 19.5 Å². The maximum absolute atomic E-state index is 13.1. The van der Waals surface area contributed by atoms with Crippen LogP contribution in [-0.4, -0.2) is 34.6 Å². The standard InChI is InChI=1S/C24H34N2O5S/c1-15(2)12-21(26-32(28,29)19-10-8-16(3)9-11-19)24(27)25-18(5)20-14-23(31-7)22(30-6)13-17(20)4/h8-11,13-15,18,21,26H,12H2,1-7H3,(H,25,27). The van der Waals surface area contributed by atoms with E-state index in [0.717, 1.165) is 16.7 Å². The number of carbonyl (C=O) groups excluding carboxylic acids is 1. The molecule has 2 atom stereocenters. The lowest BCUT2D eigenvalue weighted by molar-refractivity contribution is -0.123. The molecule has 0 aliphatic carbocycles. The SMILES string of the molecule is COc1cc(C)c(C(C)NC(=O)C(CC(C)C)NS(=O)(=O)c2ccc(C)cc2)cc1OC. The minimum atomic E-state index is -3.84. The van der Waals surface area contributed by atoms with Gasteiger partial charge in [-0.2, -0.15) is 4.72 Å². The smallest absolute Gasteiger partial charge is 0.241 e. The number of carbonyl (C=O) groups is 1. The molecule has 2 unspecified atom stereocenters. The summed E-state index contributed by atoms with van der Waals surface area (Å²) in [5.41, 5.74) is 2.75. The van der Waals surface area contributed by atoms with Gasteiger partial charge in [0.1, 0.15) is 6.04 Å². The summed E-state index contributed by atoms with van der Waals surface area (Å²) in [4.78, 5) is 13.3. The molecule has 2 aromatic carbocycles. The lowest BCUT2D eigenvalue weighted by Crippen LogP contribution is -2.47. The molecule has 0 spiro atoms. The molecule has 7 nitrogen and oxygen atoms in total. The topological polar surface area (TPSA) is 93.7 Å². The van der Waals surface area contributed by atoms with E-state index >= 15 is 0 Å². The molecule has 0 heterocycles. The van der Waals surface area contributed by atoms with E-state index in [0.29, 0.717) is 17.9 Å². The van der Waals surface area contributed by atoms with Crippen LogP contribution in [0.2, 0.25) is 0 Å². The Balaban J connectivity index is 2.25. The first-order valence-electron chi connectivity index (χ1n) is 10.6. The van der Waals surface area contributed by atoms with Gasteiger partial charge in [0.05, 0.1) is 25.2 Å². The van der Waals surface area contributed by atoms with Crippen molar-refractivity contribution in [1.29, 1.82) is 0 Å². The summed E-state index contributed by atoms with van der Waals surface area (Å²) in [6.45, 7) is 9.56. The first-order valence-corrected chi connectivity index (χ1v) is 12.1. The van der Waals surface area contributed by atoms with Gasteiger partial charge in [0.15, 0.2) is 11.5 Å². The average molecular weight is 463 g/mol. The molecule has 0 radical (unpaired) electrons. The number of aryl methyl sites for hydroxylation is 2. The van der Waals surface area contributed by atoms with Crippen LogP contribution in [0.15, 0.2) is 41.3 Å². The van der Waals surface area contributed by atoms with Crippen LogP contribution in [0.3, 0.4) is 0 Å². The Kier molecular flexibility index (Phi) is 8.69. The Morgan fingerprint density at radius 3 is 2.06 bits per heavy atom. The Hall–Kier alpha value is -2.58. The summed E-state index contributed by atoms with van der Waals surface area (Å²) >= 11 is 0. The van der Waals surface area contributed by atoms with Gasteiger partial charge >= 0.3 is 0 Å². The summed E-state index contributed by atoms with van der Waals surface area (Å²) in [5.74, 6) is 0.907. The Bertz CT molecular complexity index is 1030. The van der Waals surface area contributed by atoms with Crippen molar-refractivity contribution in [1.82, 2.24) is 10.0 Å². The highest BCUT2D eigenvalue weighted by Crippen LogP contribution is 2.33. The zero-order valence-corrected chi connectivity index (χ0v) is 20.7. The van der Waals surface area contributed by atoms with Crippen molar-refractivity contribution in [3.05, 3.63) is 53.1 Å². The molecule has 1 amide bonds. The second kappa shape index (κ2) is 10.8. The minimum Gasteiger partial charge on any atom is -0.493 e. The fourth-order valence-electron chi connectivity index (χ4n) is 3.51. The average Bonchev–Trinajstić information content (AvgIpc) is 2.72. The lowest BCUT2D eigenvalue weighted by atomic mass is 10.00. The predicted molar refractivity (Wildman–Crippen MR) is 126 cm³/mol. The molecular formula is C24H34N2O5S. The Morgan fingerprint density at radius 1 is 0.969 bits per heavy atom. The van der Waals surface area contributed by atoms with Crippen molar-refractivity contribution < 1.29 is 22.7 Å². The first-order chi connectivity index (χ1) is 15.0. The molecule has 0 aliphatic heterocycles.